The summed E-state index contributed by atoms with van der Waals surface area (Å²) in [5.74, 6) is -1.97. The van der Waals surface area contributed by atoms with Crippen LogP contribution in [0, 0.1) is 0 Å². The molecule has 7 nitrogen and oxygen atoms in total. The van der Waals surface area contributed by atoms with Gasteiger partial charge in [-0.15, -0.1) is 0 Å². The van der Waals surface area contributed by atoms with Crippen LogP contribution >= 0.6 is 0 Å². The van der Waals surface area contributed by atoms with Gasteiger partial charge in [-0.2, -0.15) is 0 Å². The predicted molar refractivity (Wildman–Crippen MR) is 97.9 cm³/mol. The molecular weight excluding hydrogens is 350 g/mol. The van der Waals surface area contributed by atoms with E-state index in [1.54, 1.807) is 54.6 Å². The molecule has 2 aromatic rings. The molecule has 1 unspecified atom stereocenters. The van der Waals surface area contributed by atoms with Gasteiger partial charge in [0.15, 0.2) is 5.76 Å². The monoisotopic (exact) mass is 373 g/mol. The lowest BCUT2D eigenvalue weighted by molar-refractivity contribution is -0.319. The zero-order valence-electron chi connectivity index (χ0n) is 14.8. The Balaban J connectivity index is 1.89. The van der Waals surface area contributed by atoms with Crippen molar-refractivity contribution in [3.8, 4) is 5.75 Å². The number of nitrogens with one attached hydrogen (secondary N) is 1. The summed E-state index contributed by atoms with van der Waals surface area (Å²) in [4.78, 5) is 0. The van der Waals surface area contributed by atoms with Crippen LogP contribution in [0.15, 0.2) is 72.7 Å². The van der Waals surface area contributed by atoms with E-state index in [4.69, 9.17) is 9.47 Å². The van der Waals surface area contributed by atoms with Gasteiger partial charge in [0, 0.05) is 5.56 Å². The van der Waals surface area contributed by atoms with Crippen LogP contribution in [0.1, 0.15) is 5.56 Å². The smallest absolute Gasteiger partial charge is 0.211 e. The van der Waals surface area contributed by atoms with Gasteiger partial charge < -0.3 is 35.2 Å². The lowest BCUT2D eigenvalue weighted by Crippen LogP contribution is -2.67. The highest BCUT2D eigenvalue weighted by Crippen LogP contribution is 2.37. The minimum Gasteiger partial charge on any atom is -0.506 e. The van der Waals surface area contributed by atoms with Crippen LogP contribution in [0.5, 0.6) is 5.75 Å². The summed E-state index contributed by atoms with van der Waals surface area (Å²) in [7, 11) is 1.53. The number of aliphatic hydroxyl groups is 4. The summed E-state index contributed by atoms with van der Waals surface area (Å²) < 4.78 is 11.0. The molecule has 5 atom stereocenters. The fourth-order valence-electron chi connectivity index (χ4n) is 3.17. The third-order valence-corrected chi connectivity index (χ3v) is 4.58. The molecule has 144 valence electrons. The minimum absolute atomic E-state index is 0.372. The molecule has 1 aliphatic heterocycles. The van der Waals surface area contributed by atoms with Crippen LogP contribution in [0.3, 0.4) is 0 Å². The molecule has 0 spiro atoms. The maximum Gasteiger partial charge on any atom is 0.211 e. The Bertz CT molecular complexity index is 769. The molecule has 3 rings (SSSR count). The Hall–Kier alpha value is -2.42. The van der Waals surface area contributed by atoms with Crippen LogP contribution in [0.2, 0.25) is 0 Å². The lowest BCUT2D eigenvalue weighted by Gasteiger charge is -2.47. The van der Waals surface area contributed by atoms with Crippen molar-refractivity contribution in [1.82, 2.24) is 5.32 Å². The van der Waals surface area contributed by atoms with E-state index in [1.165, 1.54) is 7.05 Å². The van der Waals surface area contributed by atoms with Crippen molar-refractivity contribution in [3.05, 3.63) is 78.2 Å². The topological polar surface area (TPSA) is 111 Å². The highest BCUT2D eigenvalue weighted by molar-refractivity contribution is 5.26. The summed E-state index contributed by atoms with van der Waals surface area (Å²) in [6.45, 7) is 0. The van der Waals surface area contributed by atoms with Crippen molar-refractivity contribution >= 4 is 0 Å². The molecule has 1 saturated heterocycles. The van der Waals surface area contributed by atoms with Crippen molar-refractivity contribution in [1.29, 1.82) is 0 Å². The Kier molecular flexibility index (Phi) is 5.79. The average Bonchev–Trinajstić information content (AvgIpc) is 2.71. The maximum absolute atomic E-state index is 11.2. The zero-order valence-corrected chi connectivity index (χ0v) is 14.8. The quantitative estimate of drug-likeness (QED) is 0.498. The average molecular weight is 373 g/mol. The Morgan fingerprint density at radius 2 is 1.63 bits per heavy atom. The SMILES string of the molecule is CN[C@@H]1[C@@H](O)[C@H](O)[C@@H](C(O)=COc2ccccc2)OC1(O)c1ccccc1. The van der Waals surface area contributed by atoms with Crippen LogP contribution in [0.4, 0.5) is 0 Å². The first-order chi connectivity index (χ1) is 13.0. The first-order valence-electron chi connectivity index (χ1n) is 8.57. The number of para-hydroxylation sites is 1. The normalized spacial score (nSPS) is 31.5. The molecule has 0 saturated carbocycles. The first-order valence-corrected chi connectivity index (χ1v) is 8.57. The van der Waals surface area contributed by atoms with Gasteiger partial charge in [-0.1, -0.05) is 48.5 Å². The van der Waals surface area contributed by atoms with Crippen molar-refractivity contribution in [3.63, 3.8) is 0 Å². The van der Waals surface area contributed by atoms with E-state index in [1.807, 2.05) is 6.07 Å². The van der Waals surface area contributed by atoms with E-state index in [2.05, 4.69) is 5.32 Å². The number of rotatable bonds is 5. The number of hydrogen-bond acceptors (Lipinski definition) is 7. The van der Waals surface area contributed by atoms with E-state index in [-0.39, 0.29) is 0 Å². The van der Waals surface area contributed by atoms with Crippen molar-refractivity contribution in [2.24, 2.45) is 0 Å². The zero-order chi connectivity index (χ0) is 19.4. The second-order valence-electron chi connectivity index (χ2n) is 6.32. The lowest BCUT2D eigenvalue weighted by atomic mass is 9.85. The number of ether oxygens (including phenoxy) is 2. The van der Waals surface area contributed by atoms with Crippen LogP contribution in [-0.4, -0.2) is 51.8 Å². The van der Waals surface area contributed by atoms with Gasteiger partial charge in [0.05, 0.1) is 6.04 Å². The third kappa shape index (κ3) is 3.83. The molecular formula is C20H23NO6. The largest absolute Gasteiger partial charge is 0.506 e. The molecule has 0 radical (unpaired) electrons. The van der Waals surface area contributed by atoms with Crippen LogP contribution in [0.25, 0.3) is 0 Å². The maximum atomic E-state index is 11.2. The fraction of sp³-hybridized carbons (Fsp3) is 0.300. The molecule has 5 N–H and O–H groups in total. The van der Waals surface area contributed by atoms with E-state index in [9.17, 15) is 20.4 Å². The summed E-state index contributed by atoms with van der Waals surface area (Å²) in [5, 5.41) is 45.2. The summed E-state index contributed by atoms with van der Waals surface area (Å²) in [6, 6.07) is 16.2. The van der Waals surface area contributed by atoms with E-state index >= 15 is 0 Å². The van der Waals surface area contributed by atoms with Crippen molar-refractivity contribution in [2.75, 3.05) is 7.05 Å². The highest BCUT2D eigenvalue weighted by atomic mass is 16.6. The van der Waals surface area contributed by atoms with Gasteiger partial charge in [-0.25, -0.2) is 0 Å². The summed E-state index contributed by atoms with van der Waals surface area (Å²) in [5.41, 5.74) is 0.372. The van der Waals surface area contributed by atoms with Crippen molar-refractivity contribution in [2.45, 2.75) is 30.1 Å². The van der Waals surface area contributed by atoms with Gasteiger partial charge in [-0.05, 0) is 19.2 Å². The first kappa shape index (κ1) is 19.3. The van der Waals surface area contributed by atoms with Crippen molar-refractivity contribution < 1.29 is 29.9 Å². The molecule has 0 amide bonds. The van der Waals surface area contributed by atoms with Gasteiger partial charge >= 0.3 is 0 Å². The van der Waals surface area contributed by atoms with Gasteiger partial charge in [0.25, 0.3) is 0 Å². The standard InChI is InChI=1S/C20H23NO6/c1-21-19-17(24)16(23)18(15(22)12-26-14-10-6-3-7-11-14)27-20(19,25)13-8-4-2-5-9-13/h2-12,16-19,21-25H,1H3/t16-,17-,18+,19+,20?/m0/s1. The van der Waals surface area contributed by atoms with Gasteiger partial charge in [0.1, 0.15) is 30.3 Å². The molecule has 1 fully saturated rings. The molecule has 0 bridgehead atoms. The Labute approximate surface area is 157 Å². The molecule has 1 aliphatic rings. The van der Waals surface area contributed by atoms with Crippen LogP contribution in [-0.2, 0) is 10.5 Å². The summed E-state index contributed by atoms with van der Waals surface area (Å²) >= 11 is 0. The molecule has 2 aromatic carbocycles. The number of aliphatic hydroxyl groups excluding tert-OH is 3. The molecule has 27 heavy (non-hydrogen) atoms. The van der Waals surface area contributed by atoms with Gasteiger partial charge in [-0.3, -0.25) is 0 Å². The fourth-order valence-corrected chi connectivity index (χ4v) is 3.17. The predicted octanol–water partition coefficient (Wildman–Crippen LogP) is 1.02. The highest BCUT2D eigenvalue weighted by Gasteiger charge is 2.54. The number of benzene rings is 2. The van der Waals surface area contributed by atoms with E-state index in [0.29, 0.717) is 11.3 Å². The molecule has 7 heteroatoms. The van der Waals surface area contributed by atoms with Crippen LogP contribution < -0.4 is 10.1 Å². The molecule has 1 heterocycles. The summed E-state index contributed by atoms with van der Waals surface area (Å²) in [6.07, 6.45) is -3.27. The van der Waals surface area contributed by atoms with E-state index < -0.39 is 35.9 Å². The Morgan fingerprint density at radius 3 is 2.22 bits per heavy atom. The second-order valence-corrected chi connectivity index (χ2v) is 6.32. The second kappa shape index (κ2) is 8.08. The third-order valence-electron chi connectivity index (χ3n) is 4.58. The molecule has 0 aliphatic carbocycles. The molecule has 0 aromatic heterocycles. The van der Waals surface area contributed by atoms with Gasteiger partial charge in [0.2, 0.25) is 5.79 Å². The van der Waals surface area contributed by atoms with E-state index in [0.717, 1.165) is 6.26 Å². The Morgan fingerprint density at radius 1 is 1.04 bits per heavy atom. The number of likely N-dealkylation sites (N-methyl/N-ethyl adjacent to an activating group) is 1. The number of hydrogen-bond donors (Lipinski definition) is 5. The minimum atomic E-state index is -1.98.